The van der Waals surface area contributed by atoms with Gasteiger partial charge in [0.2, 0.25) is 0 Å². The number of hydrogen-bond acceptors (Lipinski definition) is 4. The van der Waals surface area contributed by atoms with Gasteiger partial charge < -0.3 is 0 Å². The second-order valence-electron chi connectivity index (χ2n) is 4.90. The average molecular weight is 290 g/mol. The van der Waals surface area contributed by atoms with Crippen molar-refractivity contribution in [2.24, 2.45) is 0 Å². The molecule has 0 spiro atoms. The van der Waals surface area contributed by atoms with Crippen molar-refractivity contribution in [1.82, 2.24) is 0 Å². The minimum absolute atomic E-state index is 0.427. The van der Waals surface area contributed by atoms with Crippen LogP contribution in [-0.2, 0) is 0 Å². The van der Waals surface area contributed by atoms with Crippen LogP contribution in [0.2, 0.25) is 0 Å². The van der Waals surface area contributed by atoms with Crippen molar-refractivity contribution in [3.8, 4) is 0 Å². The summed E-state index contributed by atoms with van der Waals surface area (Å²) in [5.74, 6) is 0. The first-order chi connectivity index (χ1) is 10.7. The lowest BCUT2D eigenvalue weighted by atomic mass is 9.93. The quantitative estimate of drug-likeness (QED) is 0.546. The standard InChI is InChI=1S/C18H10O4/c19-7-11-1-2-12(8-20)16-6-18-14(10-22)4-3-13(9-21)17(18)5-15(11)16/h1-10H. The molecular weight excluding hydrogens is 280 g/mol. The zero-order valence-electron chi connectivity index (χ0n) is 11.4. The topological polar surface area (TPSA) is 68.3 Å². The molecule has 3 aromatic rings. The number of fused-ring (bicyclic) bond motifs is 2. The molecule has 0 aliphatic heterocycles. The van der Waals surface area contributed by atoms with Gasteiger partial charge in [0.15, 0.2) is 25.1 Å². The van der Waals surface area contributed by atoms with E-state index in [1.54, 1.807) is 36.4 Å². The van der Waals surface area contributed by atoms with E-state index in [0.29, 0.717) is 68.9 Å². The number of rotatable bonds is 4. The minimum atomic E-state index is 0.427. The SMILES string of the molecule is O=Cc1ccc(C=O)c2cc3c(C=O)ccc(C=O)c3cc12. The molecule has 0 aliphatic carbocycles. The lowest BCUT2D eigenvalue weighted by molar-refractivity contribution is 0.111. The van der Waals surface area contributed by atoms with Crippen LogP contribution in [-0.4, -0.2) is 25.1 Å². The second kappa shape index (κ2) is 5.33. The van der Waals surface area contributed by atoms with Crippen LogP contribution in [0.1, 0.15) is 41.4 Å². The molecule has 22 heavy (non-hydrogen) atoms. The highest BCUT2D eigenvalue weighted by Crippen LogP contribution is 2.30. The summed E-state index contributed by atoms with van der Waals surface area (Å²) in [6.45, 7) is 0. The first-order valence-electron chi connectivity index (χ1n) is 6.57. The smallest absolute Gasteiger partial charge is 0.150 e. The number of benzene rings is 3. The third kappa shape index (κ3) is 1.93. The molecule has 0 unspecified atom stereocenters. The number of aldehydes is 4. The van der Waals surface area contributed by atoms with Crippen molar-refractivity contribution in [3.63, 3.8) is 0 Å². The van der Waals surface area contributed by atoms with E-state index in [1.807, 2.05) is 0 Å². The Kier molecular flexibility index (Phi) is 3.35. The third-order valence-electron chi connectivity index (χ3n) is 3.79. The number of carbonyl (C=O) groups excluding carboxylic acids is 4. The van der Waals surface area contributed by atoms with E-state index in [-0.39, 0.29) is 0 Å². The molecule has 4 heteroatoms. The molecule has 0 heterocycles. The van der Waals surface area contributed by atoms with Crippen molar-refractivity contribution >= 4 is 46.7 Å². The van der Waals surface area contributed by atoms with Crippen LogP contribution >= 0.6 is 0 Å². The fraction of sp³-hybridized carbons (Fsp3) is 0. The van der Waals surface area contributed by atoms with Crippen molar-refractivity contribution < 1.29 is 19.2 Å². The molecule has 0 N–H and O–H groups in total. The predicted molar refractivity (Wildman–Crippen MR) is 83.0 cm³/mol. The Morgan fingerprint density at radius 3 is 0.864 bits per heavy atom. The fourth-order valence-corrected chi connectivity index (χ4v) is 2.68. The van der Waals surface area contributed by atoms with E-state index >= 15 is 0 Å². The predicted octanol–water partition coefficient (Wildman–Crippen LogP) is 3.24. The van der Waals surface area contributed by atoms with Crippen molar-refractivity contribution in [2.75, 3.05) is 0 Å². The van der Waals surface area contributed by atoms with Gasteiger partial charge in [-0.2, -0.15) is 0 Å². The Morgan fingerprint density at radius 1 is 0.455 bits per heavy atom. The molecule has 4 nitrogen and oxygen atoms in total. The van der Waals surface area contributed by atoms with E-state index in [1.165, 1.54) is 0 Å². The first-order valence-corrected chi connectivity index (χ1v) is 6.57. The third-order valence-corrected chi connectivity index (χ3v) is 3.79. The largest absolute Gasteiger partial charge is 0.298 e. The van der Waals surface area contributed by atoms with Gasteiger partial charge in [-0.05, 0) is 33.7 Å². The van der Waals surface area contributed by atoms with E-state index in [9.17, 15) is 19.2 Å². The zero-order valence-corrected chi connectivity index (χ0v) is 11.4. The summed E-state index contributed by atoms with van der Waals surface area (Å²) in [5.41, 5.74) is 1.71. The van der Waals surface area contributed by atoms with Gasteiger partial charge in [0, 0.05) is 22.3 Å². The summed E-state index contributed by atoms with van der Waals surface area (Å²) in [5, 5.41) is 2.33. The van der Waals surface area contributed by atoms with E-state index in [0.717, 1.165) is 0 Å². The Hall–Kier alpha value is -3.14. The van der Waals surface area contributed by atoms with Crippen LogP contribution in [0.15, 0.2) is 36.4 Å². The Bertz CT molecular complexity index is 801. The zero-order chi connectivity index (χ0) is 15.7. The summed E-state index contributed by atoms with van der Waals surface area (Å²) in [6, 6.07) is 9.62. The molecule has 3 rings (SSSR count). The van der Waals surface area contributed by atoms with Crippen LogP contribution in [0.3, 0.4) is 0 Å². The molecule has 0 amide bonds. The summed E-state index contributed by atoms with van der Waals surface area (Å²) in [6.07, 6.45) is 2.81. The maximum absolute atomic E-state index is 11.2. The van der Waals surface area contributed by atoms with Gasteiger partial charge >= 0.3 is 0 Å². The van der Waals surface area contributed by atoms with Gasteiger partial charge in [-0.1, -0.05) is 24.3 Å². The fourth-order valence-electron chi connectivity index (χ4n) is 2.68. The number of carbonyl (C=O) groups is 4. The molecule has 0 bridgehead atoms. The monoisotopic (exact) mass is 290 g/mol. The summed E-state index contributed by atoms with van der Waals surface area (Å²) >= 11 is 0. The van der Waals surface area contributed by atoms with Crippen LogP contribution in [0.4, 0.5) is 0 Å². The molecular formula is C18H10O4. The van der Waals surface area contributed by atoms with E-state index < -0.39 is 0 Å². The van der Waals surface area contributed by atoms with Crippen molar-refractivity contribution in [3.05, 3.63) is 58.7 Å². The summed E-state index contributed by atoms with van der Waals surface area (Å²) in [7, 11) is 0. The van der Waals surface area contributed by atoms with Crippen LogP contribution in [0, 0.1) is 0 Å². The molecule has 0 atom stereocenters. The highest BCUT2D eigenvalue weighted by Gasteiger charge is 2.11. The number of hydrogen-bond donors (Lipinski definition) is 0. The molecule has 0 saturated carbocycles. The Morgan fingerprint density at radius 2 is 0.682 bits per heavy atom. The maximum atomic E-state index is 11.2. The molecule has 0 saturated heterocycles. The average Bonchev–Trinajstić information content (AvgIpc) is 2.58. The van der Waals surface area contributed by atoms with Gasteiger partial charge in [0.1, 0.15) is 0 Å². The van der Waals surface area contributed by atoms with Crippen LogP contribution in [0.5, 0.6) is 0 Å². The van der Waals surface area contributed by atoms with Gasteiger partial charge in [-0.15, -0.1) is 0 Å². The van der Waals surface area contributed by atoms with Crippen molar-refractivity contribution in [2.45, 2.75) is 0 Å². The van der Waals surface area contributed by atoms with Crippen LogP contribution in [0.25, 0.3) is 21.5 Å². The molecule has 3 aromatic carbocycles. The van der Waals surface area contributed by atoms with Gasteiger partial charge in [0.05, 0.1) is 0 Å². The summed E-state index contributed by atoms with van der Waals surface area (Å²) in [4.78, 5) is 44.9. The summed E-state index contributed by atoms with van der Waals surface area (Å²) < 4.78 is 0. The van der Waals surface area contributed by atoms with Gasteiger partial charge in [-0.25, -0.2) is 0 Å². The Balaban J connectivity index is 2.60. The lowest BCUT2D eigenvalue weighted by Gasteiger charge is -2.10. The minimum Gasteiger partial charge on any atom is -0.298 e. The first kappa shape index (κ1) is 13.8. The Labute approximate surface area is 125 Å². The lowest BCUT2D eigenvalue weighted by Crippen LogP contribution is -1.94. The second-order valence-corrected chi connectivity index (χ2v) is 4.90. The molecule has 0 radical (unpaired) electrons. The molecule has 0 aliphatic rings. The van der Waals surface area contributed by atoms with Crippen molar-refractivity contribution in [1.29, 1.82) is 0 Å². The van der Waals surface area contributed by atoms with E-state index in [2.05, 4.69) is 0 Å². The van der Waals surface area contributed by atoms with E-state index in [4.69, 9.17) is 0 Å². The molecule has 106 valence electrons. The van der Waals surface area contributed by atoms with Gasteiger partial charge in [-0.3, -0.25) is 19.2 Å². The normalized spacial score (nSPS) is 10.5. The van der Waals surface area contributed by atoms with Crippen LogP contribution < -0.4 is 0 Å². The molecule has 0 aromatic heterocycles. The van der Waals surface area contributed by atoms with Gasteiger partial charge in [0.25, 0.3) is 0 Å². The highest BCUT2D eigenvalue weighted by molar-refractivity contribution is 6.15. The maximum Gasteiger partial charge on any atom is 0.150 e. The molecule has 0 fully saturated rings. The highest BCUT2D eigenvalue weighted by atomic mass is 16.1.